The third-order valence-corrected chi connectivity index (χ3v) is 6.26. The van der Waals surface area contributed by atoms with Gasteiger partial charge < -0.3 is 9.64 Å². The number of hydrogen-bond donors (Lipinski definition) is 1. The first-order chi connectivity index (χ1) is 15.4. The molecule has 2 amide bonds. The molecule has 162 valence electrons. The molecule has 0 aliphatic rings. The zero-order chi connectivity index (χ0) is 22.8. The van der Waals surface area contributed by atoms with Crippen molar-refractivity contribution in [3.63, 3.8) is 0 Å². The minimum Gasteiger partial charge on any atom is -0.453 e. The van der Waals surface area contributed by atoms with Crippen molar-refractivity contribution in [2.45, 2.75) is 6.92 Å². The lowest BCUT2D eigenvalue weighted by Crippen LogP contribution is -2.25. The lowest BCUT2D eigenvalue weighted by atomic mass is 10.0. The SMILES string of the molecule is COC(=O)Nc1ccc(-c2cncc3sc(C(=O)N(C)c4ccc(F)cc4)c(C)c23)cn1. The van der Waals surface area contributed by atoms with Gasteiger partial charge in [-0.05, 0) is 48.9 Å². The summed E-state index contributed by atoms with van der Waals surface area (Å²) >= 11 is 1.36. The van der Waals surface area contributed by atoms with Crippen molar-refractivity contribution in [2.75, 3.05) is 24.4 Å². The van der Waals surface area contributed by atoms with E-state index in [1.807, 2.05) is 13.0 Å². The molecule has 32 heavy (non-hydrogen) atoms. The highest BCUT2D eigenvalue weighted by Gasteiger charge is 2.22. The van der Waals surface area contributed by atoms with Gasteiger partial charge in [0.2, 0.25) is 0 Å². The van der Waals surface area contributed by atoms with E-state index in [0.29, 0.717) is 16.4 Å². The minimum atomic E-state index is -0.601. The van der Waals surface area contributed by atoms with Gasteiger partial charge in [-0.3, -0.25) is 15.1 Å². The number of benzene rings is 1. The lowest BCUT2D eigenvalue weighted by molar-refractivity contribution is 0.0996. The number of pyridine rings is 2. The number of nitrogens with zero attached hydrogens (tertiary/aromatic N) is 3. The summed E-state index contributed by atoms with van der Waals surface area (Å²) in [6, 6.07) is 9.27. The summed E-state index contributed by atoms with van der Waals surface area (Å²) < 4.78 is 18.7. The monoisotopic (exact) mass is 450 g/mol. The molecule has 0 aliphatic carbocycles. The molecule has 4 aromatic rings. The normalized spacial score (nSPS) is 10.8. The predicted molar refractivity (Wildman–Crippen MR) is 123 cm³/mol. The third-order valence-electron chi connectivity index (χ3n) is 5.04. The summed E-state index contributed by atoms with van der Waals surface area (Å²) in [6.45, 7) is 1.90. The van der Waals surface area contributed by atoms with Crippen molar-refractivity contribution >= 4 is 44.9 Å². The second-order valence-electron chi connectivity index (χ2n) is 7.01. The quantitative estimate of drug-likeness (QED) is 0.458. The number of carbonyl (C=O) groups is 2. The van der Waals surface area contributed by atoms with Crippen molar-refractivity contribution < 1.29 is 18.7 Å². The van der Waals surface area contributed by atoms with Crippen LogP contribution in [-0.2, 0) is 4.74 Å². The van der Waals surface area contributed by atoms with Gasteiger partial charge in [-0.25, -0.2) is 14.2 Å². The molecule has 0 fully saturated rings. The van der Waals surface area contributed by atoms with Crippen LogP contribution in [0, 0.1) is 12.7 Å². The molecule has 1 N–H and O–H groups in total. The van der Waals surface area contributed by atoms with E-state index in [1.165, 1.54) is 35.5 Å². The number of aryl methyl sites for hydroxylation is 1. The highest BCUT2D eigenvalue weighted by Crippen LogP contribution is 2.38. The molecule has 3 heterocycles. The summed E-state index contributed by atoms with van der Waals surface area (Å²) in [5.74, 6) is -0.179. The summed E-state index contributed by atoms with van der Waals surface area (Å²) in [5.41, 5.74) is 3.06. The first kappa shape index (κ1) is 21.4. The second kappa shape index (κ2) is 8.72. The van der Waals surface area contributed by atoms with E-state index in [2.05, 4.69) is 20.0 Å². The number of aromatic nitrogens is 2. The molecule has 0 aliphatic heterocycles. The van der Waals surface area contributed by atoms with Crippen molar-refractivity contribution in [1.29, 1.82) is 0 Å². The van der Waals surface area contributed by atoms with Gasteiger partial charge in [-0.1, -0.05) is 0 Å². The number of thiophene rings is 1. The zero-order valence-electron chi connectivity index (χ0n) is 17.5. The average molecular weight is 450 g/mol. The third kappa shape index (κ3) is 4.02. The minimum absolute atomic E-state index is 0.183. The molecular formula is C23H19FN4O3S. The first-order valence-corrected chi connectivity index (χ1v) is 10.4. The number of halogens is 1. The van der Waals surface area contributed by atoms with Crippen molar-refractivity contribution in [3.8, 4) is 11.1 Å². The number of methoxy groups -OCH3 is 1. The van der Waals surface area contributed by atoms with E-state index in [-0.39, 0.29) is 11.7 Å². The van der Waals surface area contributed by atoms with Crippen LogP contribution in [0.3, 0.4) is 0 Å². The first-order valence-electron chi connectivity index (χ1n) is 9.61. The molecule has 0 saturated heterocycles. The number of carbonyl (C=O) groups excluding carboxylic acids is 2. The van der Waals surface area contributed by atoms with Crippen LogP contribution in [-0.4, -0.2) is 36.1 Å². The van der Waals surface area contributed by atoms with E-state index < -0.39 is 6.09 Å². The standard InChI is InChI=1S/C23H19FN4O3S/c1-13-20-17(14-4-9-19(26-10-14)27-23(30)31-3)11-25-12-18(20)32-21(13)22(29)28(2)16-7-5-15(24)6-8-16/h4-12H,1-3H3,(H,26,27,30). The Morgan fingerprint density at radius 1 is 1.09 bits per heavy atom. The van der Waals surface area contributed by atoms with Crippen LogP contribution in [0.5, 0.6) is 0 Å². The summed E-state index contributed by atoms with van der Waals surface area (Å²) in [6.07, 6.45) is 4.48. The van der Waals surface area contributed by atoms with Crippen LogP contribution in [0.1, 0.15) is 15.2 Å². The molecule has 3 aromatic heterocycles. The lowest BCUT2D eigenvalue weighted by Gasteiger charge is -2.17. The Hall–Kier alpha value is -3.85. The Labute approximate surface area is 187 Å². The molecule has 0 unspecified atom stereocenters. The summed E-state index contributed by atoms with van der Waals surface area (Å²) in [7, 11) is 2.94. The van der Waals surface area contributed by atoms with Crippen LogP contribution < -0.4 is 10.2 Å². The molecule has 0 spiro atoms. The molecular weight excluding hydrogens is 431 g/mol. The molecule has 4 rings (SSSR count). The average Bonchev–Trinajstić information content (AvgIpc) is 3.15. The van der Waals surface area contributed by atoms with Gasteiger partial charge in [0.1, 0.15) is 11.6 Å². The van der Waals surface area contributed by atoms with Gasteiger partial charge in [0, 0.05) is 47.8 Å². The number of ether oxygens (including phenoxy) is 1. The maximum atomic E-state index is 13.2. The largest absolute Gasteiger partial charge is 0.453 e. The van der Waals surface area contributed by atoms with Gasteiger partial charge in [0.05, 0.1) is 16.7 Å². The van der Waals surface area contributed by atoms with E-state index >= 15 is 0 Å². The number of rotatable bonds is 4. The van der Waals surface area contributed by atoms with Crippen LogP contribution >= 0.6 is 11.3 Å². The predicted octanol–water partition coefficient (Wildman–Crippen LogP) is 5.26. The summed E-state index contributed by atoms with van der Waals surface area (Å²) in [4.78, 5) is 35.2. The Bertz CT molecular complexity index is 1300. The second-order valence-corrected chi connectivity index (χ2v) is 8.06. The fourth-order valence-electron chi connectivity index (χ4n) is 3.35. The molecule has 0 saturated carbocycles. The molecule has 0 bridgehead atoms. The fraction of sp³-hybridized carbons (Fsp3) is 0.130. The van der Waals surface area contributed by atoms with E-state index in [0.717, 1.165) is 26.8 Å². The Morgan fingerprint density at radius 2 is 1.84 bits per heavy atom. The van der Waals surface area contributed by atoms with E-state index in [4.69, 9.17) is 0 Å². The van der Waals surface area contributed by atoms with Crippen molar-refractivity contribution in [2.24, 2.45) is 0 Å². The Kier molecular flexibility index (Phi) is 5.83. The molecule has 1 aromatic carbocycles. The van der Waals surface area contributed by atoms with Crippen molar-refractivity contribution in [3.05, 3.63) is 71.2 Å². The van der Waals surface area contributed by atoms with Gasteiger partial charge in [-0.2, -0.15) is 0 Å². The molecule has 0 radical (unpaired) electrons. The van der Waals surface area contributed by atoms with Gasteiger partial charge in [-0.15, -0.1) is 11.3 Å². The smallest absolute Gasteiger partial charge is 0.412 e. The Balaban J connectivity index is 1.70. The highest BCUT2D eigenvalue weighted by atomic mass is 32.1. The number of amides is 2. The van der Waals surface area contributed by atoms with E-state index in [9.17, 15) is 14.0 Å². The van der Waals surface area contributed by atoms with E-state index in [1.54, 1.807) is 43.8 Å². The molecule has 0 atom stereocenters. The van der Waals surface area contributed by atoms with Gasteiger partial charge in [0.15, 0.2) is 0 Å². The number of fused-ring (bicyclic) bond motifs is 1. The van der Waals surface area contributed by atoms with Gasteiger partial charge >= 0.3 is 6.09 Å². The number of anilines is 2. The van der Waals surface area contributed by atoms with Crippen molar-refractivity contribution in [1.82, 2.24) is 9.97 Å². The maximum absolute atomic E-state index is 13.2. The topological polar surface area (TPSA) is 84.4 Å². The summed E-state index contributed by atoms with van der Waals surface area (Å²) in [5, 5.41) is 3.42. The van der Waals surface area contributed by atoms with Crippen LogP contribution in [0.25, 0.3) is 21.2 Å². The molecule has 7 nitrogen and oxygen atoms in total. The number of hydrogen-bond acceptors (Lipinski definition) is 6. The van der Waals surface area contributed by atoms with Crippen LogP contribution in [0.2, 0.25) is 0 Å². The van der Waals surface area contributed by atoms with Crippen LogP contribution in [0.4, 0.5) is 20.7 Å². The molecule has 9 heteroatoms. The highest BCUT2D eigenvalue weighted by molar-refractivity contribution is 7.21. The Morgan fingerprint density at radius 3 is 2.50 bits per heavy atom. The maximum Gasteiger partial charge on any atom is 0.412 e. The fourth-order valence-corrected chi connectivity index (χ4v) is 4.52. The van der Waals surface area contributed by atoms with Crippen LogP contribution in [0.15, 0.2) is 55.0 Å². The van der Waals surface area contributed by atoms with Gasteiger partial charge in [0.25, 0.3) is 5.91 Å². The zero-order valence-corrected chi connectivity index (χ0v) is 18.4. The number of nitrogens with one attached hydrogen (secondary N) is 1.